The average Bonchev–Trinajstić information content (AvgIpc) is 2.82. The highest BCUT2D eigenvalue weighted by molar-refractivity contribution is 6.05. The van der Waals surface area contributed by atoms with Gasteiger partial charge < -0.3 is 19.7 Å². The van der Waals surface area contributed by atoms with Gasteiger partial charge in [0.1, 0.15) is 6.10 Å². The highest BCUT2D eigenvalue weighted by atomic mass is 16.5. The van der Waals surface area contributed by atoms with Crippen molar-refractivity contribution in [3.63, 3.8) is 0 Å². The largest absolute Gasteiger partial charge is 0.467 e. The second-order valence-electron chi connectivity index (χ2n) is 4.52. The van der Waals surface area contributed by atoms with E-state index in [0.29, 0.717) is 0 Å². The van der Waals surface area contributed by atoms with Gasteiger partial charge in [-0.05, 0) is 6.08 Å². The number of carbonyl (C=O) groups excluding carboxylic acids is 2. The number of hydrogen-bond donors (Lipinski definition) is 2. The van der Waals surface area contributed by atoms with E-state index in [0.717, 1.165) is 13.2 Å². The Bertz CT molecular complexity index is 597. The van der Waals surface area contributed by atoms with Gasteiger partial charge in [-0.2, -0.15) is 0 Å². The summed E-state index contributed by atoms with van der Waals surface area (Å²) in [5.41, 5.74) is -1.91. The SMILES string of the molecule is COC(=O)[C@@]1(O)C=C(C(O)c2cnc(OC)nc2)C(=O)C1. The first-order valence-corrected chi connectivity index (χ1v) is 6.02. The fraction of sp³-hybridized carbons (Fsp3) is 0.385. The van der Waals surface area contributed by atoms with Gasteiger partial charge >= 0.3 is 12.0 Å². The number of Topliss-reactive ketones (excluding diaryl/α,β-unsaturated/α-hetero) is 1. The Morgan fingerprint density at radius 2 is 2.00 bits per heavy atom. The topological polar surface area (TPSA) is 119 Å². The van der Waals surface area contributed by atoms with Crippen LogP contribution < -0.4 is 4.74 Å². The monoisotopic (exact) mass is 294 g/mol. The zero-order valence-electron chi connectivity index (χ0n) is 11.4. The smallest absolute Gasteiger partial charge is 0.342 e. The van der Waals surface area contributed by atoms with Gasteiger partial charge in [-0.3, -0.25) is 4.79 Å². The van der Waals surface area contributed by atoms with Gasteiger partial charge in [-0.25, -0.2) is 14.8 Å². The van der Waals surface area contributed by atoms with Gasteiger partial charge in [0.25, 0.3) is 0 Å². The van der Waals surface area contributed by atoms with Crippen molar-refractivity contribution in [1.82, 2.24) is 9.97 Å². The third kappa shape index (κ3) is 2.76. The maximum atomic E-state index is 11.9. The van der Waals surface area contributed by atoms with E-state index in [1.54, 1.807) is 0 Å². The van der Waals surface area contributed by atoms with Crippen molar-refractivity contribution in [3.05, 3.63) is 29.6 Å². The summed E-state index contributed by atoms with van der Waals surface area (Å²) >= 11 is 0. The molecule has 0 aliphatic heterocycles. The van der Waals surface area contributed by atoms with Crippen LogP contribution in [0.25, 0.3) is 0 Å². The molecule has 21 heavy (non-hydrogen) atoms. The zero-order chi connectivity index (χ0) is 15.6. The number of aromatic nitrogens is 2. The molecule has 1 aliphatic carbocycles. The van der Waals surface area contributed by atoms with E-state index >= 15 is 0 Å². The van der Waals surface area contributed by atoms with Crippen molar-refractivity contribution in [2.75, 3.05) is 14.2 Å². The quantitative estimate of drug-likeness (QED) is 0.701. The van der Waals surface area contributed by atoms with E-state index in [2.05, 4.69) is 14.7 Å². The first-order valence-electron chi connectivity index (χ1n) is 6.02. The van der Waals surface area contributed by atoms with Crippen LogP contribution in [0.1, 0.15) is 18.1 Å². The first-order chi connectivity index (χ1) is 9.91. The number of nitrogens with zero attached hydrogens (tertiary/aromatic N) is 2. The van der Waals surface area contributed by atoms with Crippen LogP contribution in [0.3, 0.4) is 0 Å². The molecular weight excluding hydrogens is 280 g/mol. The molecule has 1 aromatic rings. The molecule has 1 unspecified atom stereocenters. The van der Waals surface area contributed by atoms with Gasteiger partial charge in [0, 0.05) is 23.5 Å². The summed E-state index contributed by atoms with van der Waals surface area (Å²) in [7, 11) is 2.50. The van der Waals surface area contributed by atoms with Gasteiger partial charge in [0.15, 0.2) is 11.4 Å². The lowest BCUT2D eigenvalue weighted by Crippen LogP contribution is -2.36. The number of ketones is 1. The standard InChI is InChI=1S/C13H14N2O6/c1-20-11(18)13(19)3-8(9(16)4-13)10(17)7-5-14-12(21-2)15-6-7/h3,5-6,10,17,19H,4H2,1-2H3/t10?,13-/m1/s1. The molecule has 0 fully saturated rings. The molecule has 1 aromatic heterocycles. The average molecular weight is 294 g/mol. The van der Waals surface area contributed by atoms with Crippen molar-refractivity contribution in [2.24, 2.45) is 0 Å². The lowest BCUT2D eigenvalue weighted by atomic mass is 10.0. The maximum Gasteiger partial charge on any atom is 0.342 e. The normalized spacial score (nSPS) is 22.7. The Kier molecular flexibility index (Phi) is 4.01. The van der Waals surface area contributed by atoms with Crippen LogP contribution in [-0.2, 0) is 14.3 Å². The summed E-state index contributed by atoms with van der Waals surface area (Å²) in [5.74, 6) is -1.50. The summed E-state index contributed by atoms with van der Waals surface area (Å²) in [4.78, 5) is 31.0. The van der Waals surface area contributed by atoms with Crippen molar-refractivity contribution in [1.29, 1.82) is 0 Å². The molecule has 0 spiro atoms. The van der Waals surface area contributed by atoms with Crippen molar-refractivity contribution >= 4 is 11.8 Å². The number of aliphatic hydroxyl groups is 2. The van der Waals surface area contributed by atoms with E-state index in [-0.39, 0.29) is 17.1 Å². The third-order valence-corrected chi connectivity index (χ3v) is 3.13. The Balaban J connectivity index is 2.29. The second-order valence-corrected chi connectivity index (χ2v) is 4.52. The Morgan fingerprint density at radius 3 is 2.52 bits per heavy atom. The second kappa shape index (κ2) is 5.58. The van der Waals surface area contributed by atoms with Crippen LogP contribution in [0.15, 0.2) is 24.0 Å². The van der Waals surface area contributed by atoms with E-state index in [1.165, 1.54) is 19.5 Å². The molecule has 8 nitrogen and oxygen atoms in total. The van der Waals surface area contributed by atoms with Gasteiger partial charge in [-0.15, -0.1) is 0 Å². The molecule has 0 radical (unpaired) electrons. The van der Waals surface area contributed by atoms with Crippen LogP contribution >= 0.6 is 0 Å². The molecule has 2 N–H and O–H groups in total. The molecule has 0 amide bonds. The number of hydrogen-bond acceptors (Lipinski definition) is 8. The Labute approximate surface area is 120 Å². The number of rotatable bonds is 4. The molecule has 0 aromatic carbocycles. The van der Waals surface area contributed by atoms with E-state index in [4.69, 9.17) is 4.74 Å². The Hall–Kier alpha value is -2.32. The minimum Gasteiger partial charge on any atom is -0.467 e. The maximum absolute atomic E-state index is 11.9. The summed E-state index contributed by atoms with van der Waals surface area (Å²) in [6, 6.07) is 0.115. The summed E-state index contributed by atoms with van der Waals surface area (Å²) in [6.07, 6.45) is 1.78. The van der Waals surface area contributed by atoms with E-state index in [1.807, 2.05) is 0 Å². The molecule has 2 atom stereocenters. The van der Waals surface area contributed by atoms with E-state index in [9.17, 15) is 19.8 Å². The van der Waals surface area contributed by atoms with Gasteiger partial charge in [-0.1, -0.05) is 0 Å². The van der Waals surface area contributed by atoms with Crippen molar-refractivity contribution < 1.29 is 29.3 Å². The van der Waals surface area contributed by atoms with Gasteiger partial charge in [0.05, 0.1) is 20.6 Å². The van der Waals surface area contributed by atoms with Crippen molar-refractivity contribution in [3.8, 4) is 6.01 Å². The summed E-state index contributed by atoms with van der Waals surface area (Å²) < 4.78 is 9.23. The molecule has 0 saturated carbocycles. The zero-order valence-corrected chi connectivity index (χ0v) is 11.4. The highest BCUT2D eigenvalue weighted by Gasteiger charge is 2.45. The lowest BCUT2D eigenvalue weighted by Gasteiger charge is -2.15. The summed E-state index contributed by atoms with van der Waals surface area (Å²) in [6.45, 7) is 0. The molecule has 0 saturated heterocycles. The summed E-state index contributed by atoms with van der Waals surface area (Å²) in [5, 5.41) is 20.2. The van der Waals surface area contributed by atoms with Crippen LogP contribution in [0.5, 0.6) is 6.01 Å². The predicted molar refractivity (Wildman–Crippen MR) is 68.2 cm³/mol. The lowest BCUT2D eigenvalue weighted by molar-refractivity contribution is -0.158. The molecule has 0 bridgehead atoms. The molecule has 1 aliphatic rings. The first kappa shape index (κ1) is 15.1. The molecule has 1 heterocycles. The molecule has 112 valence electrons. The van der Waals surface area contributed by atoms with Crippen LogP contribution in [-0.4, -0.2) is 51.8 Å². The minimum atomic E-state index is -2.05. The van der Waals surface area contributed by atoms with Gasteiger partial charge in [0.2, 0.25) is 0 Å². The third-order valence-electron chi connectivity index (χ3n) is 3.13. The van der Waals surface area contributed by atoms with E-state index < -0.39 is 29.9 Å². The fourth-order valence-electron chi connectivity index (χ4n) is 2.03. The molecule has 8 heteroatoms. The highest BCUT2D eigenvalue weighted by Crippen LogP contribution is 2.33. The van der Waals surface area contributed by atoms with Crippen LogP contribution in [0.2, 0.25) is 0 Å². The fourth-order valence-corrected chi connectivity index (χ4v) is 2.03. The number of carbonyl (C=O) groups is 2. The number of ether oxygens (including phenoxy) is 2. The molecule has 2 rings (SSSR count). The Morgan fingerprint density at radius 1 is 1.38 bits per heavy atom. The number of esters is 1. The molecular formula is C13H14N2O6. The number of aliphatic hydroxyl groups excluding tert-OH is 1. The van der Waals surface area contributed by atoms with Crippen molar-refractivity contribution in [2.45, 2.75) is 18.1 Å². The minimum absolute atomic E-state index is 0.100. The van der Waals surface area contributed by atoms with Crippen LogP contribution in [0.4, 0.5) is 0 Å². The van der Waals surface area contributed by atoms with Crippen LogP contribution in [0, 0.1) is 0 Å². The number of methoxy groups -OCH3 is 2. The predicted octanol–water partition coefficient (Wildman–Crippen LogP) is -0.678.